The van der Waals surface area contributed by atoms with Gasteiger partial charge in [0.2, 0.25) is 0 Å². The first-order chi connectivity index (χ1) is 4.70. The van der Waals surface area contributed by atoms with Gasteiger partial charge in [0.15, 0.2) is 0 Å². The van der Waals surface area contributed by atoms with Crippen LogP contribution in [0.1, 0.15) is 13.3 Å². The van der Waals surface area contributed by atoms with Crippen LogP contribution in [-0.4, -0.2) is 20.9 Å². The number of allylic oxidation sites excluding steroid dienone is 1. The molecule has 0 saturated heterocycles. The van der Waals surface area contributed by atoms with Gasteiger partial charge in [-0.2, -0.15) is 0 Å². The number of rotatable bonds is 5. The third-order valence-electron chi connectivity index (χ3n) is 1.19. The minimum Gasteiger partial charge on any atom is -0.400 e. The van der Waals surface area contributed by atoms with Crippen LogP contribution in [0.25, 0.3) is 0 Å². The Morgan fingerprint density at radius 3 is 2.60 bits per heavy atom. The molecular formula is C7H15NOSi. The third kappa shape index (κ3) is 4.35. The zero-order chi connectivity index (χ0) is 7.98. The molecule has 0 unspecified atom stereocenters. The average molecular weight is 157 g/mol. The number of hydrogen-bond donors (Lipinski definition) is 2. The minimum atomic E-state index is -0.517. The number of aliphatic hydroxyl groups is 1. The SMILES string of the molecule is C=C(CC)NC(=C)[SiH2]CO. The van der Waals surface area contributed by atoms with E-state index in [1.54, 1.807) is 0 Å². The van der Waals surface area contributed by atoms with Crippen molar-refractivity contribution in [1.29, 1.82) is 0 Å². The van der Waals surface area contributed by atoms with Crippen LogP contribution in [0.2, 0.25) is 0 Å². The molecule has 0 amide bonds. The maximum atomic E-state index is 8.55. The molecule has 0 aliphatic heterocycles. The van der Waals surface area contributed by atoms with E-state index in [1.165, 1.54) is 0 Å². The number of hydrogen-bond acceptors (Lipinski definition) is 2. The van der Waals surface area contributed by atoms with Gasteiger partial charge in [0.1, 0.15) is 9.52 Å². The van der Waals surface area contributed by atoms with Gasteiger partial charge in [-0.15, -0.1) is 0 Å². The Labute approximate surface area is 64.5 Å². The van der Waals surface area contributed by atoms with Crippen LogP contribution in [0.5, 0.6) is 0 Å². The molecule has 0 atom stereocenters. The van der Waals surface area contributed by atoms with Gasteiger partial charge in [-0.3, -0.25) is 0 Å². The van der Waals surface area contributed by atoms with Gasteiger partial charge in [0, 0.05) is 11.9 Å². The largest absolute Gasteiger partial charge is 0.400 e. The lowest BCUT2D eigenvalue weighted by Gasteiger charge is -2.07. The van der Waals surface area contributed by atoms with E-state index >= 15 is 0 Å². The summed E-state index contributed by atoms with van der Waals surface area (Å²) in [7, 11) is -0.517. The second-order valence-electron chi connectivity index (χ2n) is 2.16. The minimum absolute atomic E-state index is 0.281. The normalized spacial score (nSPS) is 10.2. The molecule has 0 fully saturated rings. The Balaban J connectivity index is 3.47. The topological polar surface area (TPSA) is 32.3 Å². The Morgan fingerprint density at radius 1 is 1.60 bits per heavy atom. The molecule has 0 heterocycles. The molecule has 0 spiro atoms. The summed E-state index contributed by atoms with van der Waals surface area (Å²) in [5.74, 6) is 0. The second kappa shape index (κ2) is 5.26. The van der Waals surface area contributed by atoms with E-state index in [2.05, 4.69) is 18.5 Å². The average Bonchev–Trinajstić information content (AvgIpc) is 1.88. The van der Waals surface area contributed by atoms with Crippen LogP contribution < -0.4 is 5.32 Å². The summed E-state index contributed by atoms with van der Waals surface area (Å²) in [5, 5.41) is 12.6. The van der Waals surface area contributed by atoms with Gasteiger partial charge in [-0.1, -0.05) is 20.1 Å². The predicted molar refractivity (Wildman–Crippen MR) is 47.3 cm³/mol. The highest BCUT2D eigenvalue weighted by atomic mass is 28.2. The molecular weight excluding hydrogens is 142 g/mol. The lowest BCUT2D eigenvalue weighted by atomic mass is 10.4. The van der Waals surface area contributed by atoms with Crippen molar-refractivity contribution in [3.05, 3.63) is 24.2 Å². The van der Waals surface area contributed by atoms with Crippen molar-refractivity contribution in [3.63, 3.8) is 0 Å². The molecule has 0 bridgehead atoms. The lowest BCUT2D eigenvalue weighted by molar-refractivity contribution is 0.366. The quantitative estimate of drug-likeness (QED) is 0.554. The van der Waals surface area contributed by atoms with Crippen LogP contribution in [0, 0.1) is 0 Å². The molecule has 2 nitrogen and oxygen atoms in total. The molecule has 0 aromatic rings. The molecule has 0 aliphatic carbocycles. The van der Waals surface area contributed by atoms with Gasteiger partial charge in [0.25, 0.3) is 0 Å². The molecule has 0 saturated carbocycles. The Kier molecular flexibility index (Phi) is 4.97. The zero-order valence-corrected chi connectivity index (χ0v) is 7.90. The molecule has 0 radical (unpaired) electrons. The first-order valence-electron chi connectivity index (χ1n) is 3.44. The molecule has 58 valence electrons. The molecule has 3 heteroatoms. The van der Waals surface area contributed by atoms with Crippen molar-refractivity contribution in [1.82, 2.24) is 5.32 Å². The van der Waals surface area contributed by atoms with Gasteiger partial charge in [0.05, 0.1) is 0 Å². The highest BCUT2D eigenvalue weighted by Gasteiger charge is 1.93. The summed E-state index contributed by atoms with van der Waals surface area (Å²) in [4.78, 5) is 0. The summed E-state index contributed by atoms with van der Waals surface area (Å²) in [6, 6.07) is 0. The van der Waals surface area contributed by atoms with Gasteiger partial charge < -0.3 is 10.4 Å². The maximum absolute atomic E-state index is 8.55. The summed E-state index contributed by atoms with van der Waals surface area (Å²) in [6.45, 7) is 9.56. The van der Waals surface area contributed by atoms with Gasteiger partial charge >= 0.3 is 0 Å². The summed E-state index contributed by atoms with van der Waals surface area (Å²) in [6.07, 6.45) is 1.20. The molecule has 10 heavy (non-hydrogen) atoms. The van der Waals surface area contributed by atoms with Crippen LogP contribution in [0.3, 0.4) is 0 Å². The second-order valence-corrected chi connectivity index (χ2v) is 3.96. The first kappa shape index (κ1) is 9.46. The summed E-state index contributed by atoms with van der Waals surface area (Å²) >= 11 is 0. The van der Waals surface area contributed by atoms with Crippen molar-refractivity contribution in [3.8, 4) is 0 Å². The first-order valence-corrected chi connectivity index (χ1v) is 5.14. The van der Waals surface area contributed by atoms with Crippen molar-refractivity contribution < 1.29 is 5.11 Å². The molecule has 0 aromatic heterocycles. The van der Waals surface area contributed by atoms with Crippen molar-refractivity contribution in [2.75, 3.05) is 6.23 Å². The zero-order valence-electron chi connectivity index (χ0n) is 6.48. The van der Waals surface area contributed by atoms with Crippen molar-refractivity contribution >= 4 is 9.52 Å². The Morgan fingerprint density at radius 2 is 2.20 bits per heavy atom. The fourth-order valence-corrected chi connectivity index (χ4v) is 1.18. The maximum Gasteiger partial charge on any atom is 0.104 e. The number of aliphatic hydroxyl groups excluding tert-OH is 1. The highest BCUT2D eigenvalue weighted by Crippen LogP contribution is 1.93. The summed E-state index contributed by atoms with van der Waals surface area (Å²) < 4.78 is 0. The van der Waals surface area contributed by atoms with Gasteiger partial charge in [-0.25, -0.2) is 0 Å². The molecule has 2 N–H and O–H groups in total. The van der Waals surface area contributed by atoms with E-state index in [1.807, 2.05) is 6.92 Å². The molecule has 0 aliphatic rings. The monoisotopic (exact) mass is 157 g/mol. The standard InChI is InChI=1S/C7H15NOSi/c1-4-6(2)8-7(3)10-5-9/h8-9H,2-5,10H2,1H3. The van der Waals surface area contributed by atoms with E-state index in [0.717, 1.165) is 17.4 Å². The third-order valence-corrected chi connectivity index (χ3v) is 2.20. The van der Waals surface area contributed by atoms with Crippen molar-refractivity contribution in [2.45, 2.75) is 13.3 Å². The fraction of sp³-hybridized carbons (Fsp3) is 0.429. The van der Waals surface area contributed by atoms with Crippen LogP contribution >= 0.6 is 0 Å². The van der Waals surface area contributed by atoms with E-state index < -0.39 is 9.52 Å². The van der Waals surface area contributed by atoms with E-state index in [-0.39, 0.29) is 6.23 Å². The summed E-state index contributed by atoms with van der Waals surface area (Å²) in [5.41, 5.74) is 0.978. The highest BCUT2D eigenvalue weighted by molar-refractivity contribution is 6.44. The fourth-order valence-electron chi connectivity index (χ4n) is 0.536. The lowest BCUT2D eigenvalue weighted by Crippen LogP contribution is -2.17. The van der Waals surface area contributed by atoms with E-state index in [0.29, 0.717) is 0 Å². The van der Waals surface area contributed by atoms with E-state index in [9.17, 15) is 0 Å². The van der Waals surface area contributed by atoms with Crippen LogP contribution in [0.15, 0.2) is 24.2 Å². The van der Waals surface area contributed by atoms with Crippen molar-refractivity contribution in [2.24, 2.45) is 0 Å². The van der Waals surface area contributed by atoms with E-state index in [4.69, 9.17) is 5.11 Å². The Bertz CT molecular complexity index is 134. The van der Waals surface area contributed by atoms with Gasteiger partial charge in [-0.05, 0) is 11.7 Å². The predicted octanol–water partition coefficient (Wildman–Crippen LogP) is 0.0895. The molecule has 0 rings (SSSR count). The molecule has 0 aromatic carbocycles. The van der Waals surface area contributed by atoms with Crippen LogP contribution in [0.4, 0.5) is 0 Å². The smallest absolute Gasteiger partial charge is 0.104 e. The Hall–Kier alpha value is -0.543. The van der Waals surface area contributed by atoms with Crippen LogP contribution in [-0.2, 0) is 0 Å². The number of nitrogens with one attached hydrogen (secondary N) is 1.